The second kappa shape index (κ2) is 5.58. The van der Waals surface area contributed by atoms with Gasteiger partial charge in [-0.25, -0.2) is 4.79 Å². The number of thiocarbonyl (C=S) groups is 1. The Bertz CT molecular complexity index is 551. The predicted molar refractivity (Wildman–Crippen MR) is 77.5 cm³/mol. The molecule has 7 heteroatoms. The van der Waals surface area contributed by atoms with E-state index in [1.54, 1.807) is 19.2 Å². The van der Waals surface area contributed by atoms with E-state index >= 15 is 0 Å². The fourth-order valence-corrected chi connectivity index (χ4v) is 3.14. The van der Waals surface area contributed by atoms with Gasteiger partial charge in [-0.15, -0.1) is 0 Å². The van der Waals surface area contributed by atoms with Gasteiger partial charge in [-0.05, 0) is 24.6 Å². The molecule has 0 aliphatic carbocycles. The molecular weight excluding hydrogens is 284 g/mol. The Labute approximate surface area is 119 Å². The molecule has 1 saturated heterocycles. The van der Waals surface area contributed by atoms with Crippen LogP contribution >= 0.6 is 24.0 Å². The highest BCUT2D eigenvalue weighted by atomic mass is 32.2. The Kier molecular flexibility index (Phi) is 4.06. The lowest BCUT2D eigenvalue weighted by Crippen LogP contribution is -2.43. The van der Waals surface area contributed by atoms with Crippen LogP contribution in [0.1, 0.15) is 19.0 Å². The molecule has 0 radical (unpaired) electrons. The van der Waals surface area contributed by atoms with Crippen LogP contribution in [0.25, 0.3) is 6.08 Å². The molecule has 1 atom stereocenters. The topological polar surface area (TPSA) is 73.4 Å². The number of aromatic amines is 1. The van der Waals surface area contributed by atoms with Gasteiger partial charge in [0.25, 0.3) is 5.91 Å². The molecule has 1 aliphatic heterocycles. The zero-order valence-corrected chi connectivity index (χ0v) is 11.8. The molecule has 0 aromatic carbocycles. The van der Waals surface area contributed by atoms with E-state index in [0.717, 1.165) is 17.5 Å². The monoisotopic (exact) mass is 296 g/mol. The summed E-state index contributed by atoms with van der Waals surface area (Å²) in [6.45, 7) is 1.71. The van der Waals surface area contributed by atoms with Crippen LogP contribution in [0.2, 0.25) is 0 Å². The van der Waals surface area contributed by atoms with E-state index in [4.69, 9.17) is 17.3 Å². The van der Waals surface area contributed by atoms with Crippen molar-refractivity contribution in [2.24, 2.45) is 0 Å². The Morgan fingerprint density at radius 3 is 2.95 bits per heavy atom. The minimum absolute atomic E-state index is 0.289. The van der Waals surface area contributed by atoms with Gasteiger partial charge in [0.1, 0.15) is 10.4 Å². The molecule has 2 N–H and O–H groups in total. The van der Waals surface area contributed by atoms with Gasteiger partial charge in [-0.1, -0.05) is 30.9 Å². The number of amides is 1. The lowest BCUT2D eigenvalue weighted by Gasteiger charge is -2.21. The highest BCUT2D eigenvalue weighted by molar-refractivity contribution is 8.26. The molecule has 1 aromatic rings. The van der Waals surface area contributed by atoms with Crippen molar-refractivity contribution in [1.29, 1.82) is 0 Å². The van der Waals surface area contributed by atoms with Crippen LogP contribution < -0.4 is 0 Å². The fourth-order valence-electron chi connectivity index (χ4n) is 1.79. The number of hydrogen-bond donors (Lipinski definition) is 2. The third-order valence-electron chi connectivity index (χ3n) is 2.72. The molecular formula is C12H12N2O3S2. The molecule has 1 aromatic heterocycles. The minimum Gasteiger partial charge on any atom is -0.480 e. The van der Waals surface area contributed by atoms with Gasteiger partial charge in [0.05, 0.1) is 4.91 Å². The van der Waals surface area contributed by atoms with Gasteiger partial charge >= 0.3 is 5.97 Å². The van der Waals surface area contributed by atoms with E-state index in [1.807, 2.05) is 12.1 Å². The van der Waals surface area contributed by atoms with Crippen LogP contribution in [0.15, 0.2) is 23.2 Å². The van der Waals surface area contributed by atoms with Crippen molar-refractivity contribution in [2.45, 2.75) is 19.4 Å². The zero-order chi connectivity index (χ0) is 14.0. The van der Waals surface area contributed by atoms with E-state index in [2.05, 4.69) is 4.98 Å². The van der Waals surface area contributed by atoms with Crippen LogP contribution in [0.3, 0.4) is 0 Å². The molecule has 1 fully saturated rings. The van der Waals surface area contributed by atoms with Gasteiger partial charge in [0.15, 0.2) is 0 Å². The van der Waals surface area contributed by atoms with Crippen molar-refractivity contribution >= 4 is 46.3 Å². The van der Waals surface area contributed by atoms with Crippen molar-refractivity contribution in [3.63, 3.8) is 0 Å². The van der Waals surface area contributed by atoms with Crippen LogP contribution in [0, 0.1) is 0 Å². The summed E-state index contributed by atoms with van der Waals surface area (Å²) in [4.78, 5) is 27.9. The average Bonchev–Trinajstić information content (AvgIpc) is 2.94. The summed E-state index contributed by atoms with van der Waals surface area (Å²) in [5, 5.41) is 9.12. The van der Waals surface area contributed by atoms with Crippen LogP contribution in [0.5, 0.6) is 0 Å². The molecule has 1 amide bonds. The maximum Gasteiger partial charge on any atom is 0.326 e. The molecule has 19 heavy (non-hydrogen) atoms. The fraction of sp³-hybridized carbons (Fsp3) is 0.250. The van der Waals surface area contributed by atoms with Gasteiger partial charge in [0.2, 0.25) is 0 Å². The third-order valence-corrected chi connectivity index (χ3v) is 4.05. The van der Waals surface area contributed by atoms with E-state index in [1.165, 1.54) is 4.90 Å². The Morgan fingerprint density at radius 1 is 1.68 bits per heavy atom. The summed E-state index contributed by atoms with van der Waals surface area (Å²) in [5.41, 5.74) is 0.781. The smallest absolute Gasteiger partial charge is 0.326 e. The van der Waals surface area contributed by atoms with E-state index in [-0.39, 0.29) is 10.2 Å². The Balaban J connectivity index is 2.28. The molecule has 100 valence electrons. The largest absolute Gasteiger partial charge is 0.480 e. The number of hydrogen-bond acceptors (Lipinski definition) is 4. The molecule has 5 nitrogen and oxygen atoms in total. The van der Waals surface area contributed by atoms with Gasteiger partial charge in [0, 0.05) is 11.9 Å². The molecule has 0 bridgehead atoms. The maximum absolute atomic E-state index is 12.2. The Morgan fingerprint density at radius 2 is 2.42 bits per heavy atom. The molecule has 1 aliphatic rings. The number of carboxylic acids is 1. The van der Waals surface area contributed by atoms with Crippen LogP contribution in [0.4, 0.5) is 0 Å². The number of carboxylic acid groups (broad SMARTS) is 1. The van der Waals surface area contributed by atoms with Crippen molar-refractivity contribution in [3.8, 4) is 0 Å². The molecule has 0 saturated carbocycles. The average molecular weight is 296 g/mol. The quantitative estimate of drug-likeness (QED) is 0.657. The number of rotatable bonds is 4. The number of carbonyl (C=O) groups excluding carboxylic acids is 1. The van der Waals surface area contributed by atoms with E-state index < -0.39 is 12.0 Å². The lowest BCUT2D eigenvalue weighted by molar-refractivity contribution is -0.145. The summed E-state index contributed by atoms with van der Waals surface area (Å²) in [6.07, 6.45) is 3.74. The minimum atomic E-state index is -1.04. The number of aromatic nitrogens is 1. The van der Waals surface area contributed by atoms with Gasteiger partial charge in [-0.3, -0.25) is 9.69 Å². The summed E-state index contributed by atoms with van der Waals surface area (Å²) in [5.74, 6) is -1.39. The lowest BCUT2D eigenvalue weighted by atomic mass is 10.2. The second-order valence-corrected chi connectivity index (χ2v) is 5.62. The summed E-state index contributed by atoms with van der Waals surface area (Å²) < 4.78 is 0.289. The highest BCUT2D eigenvalue weighted by Crippen LogP contribution is 2.34. The normalized spacial score (nSPS) is 19.2. The number of aliphatic carboxylic acids is 1. The van der Waals surface area contributed by atoms with Crippen molar-refractivity contribution < 1.29 is 14.7 Å². The van der Waals surface area contributed by atoms with Crippen molar-refractivity contribution in [3.05, 3.63) is 28.9 Å². The predicted octanol–water partition coefficient (Wildman–Crippen LogP) is 2.08. The Hall–Kier alpha value is -1.60. The molecule has 1 unspecified atom stereocenters. The number of nitrogens with one attached hydrogen (secondary N) is 1. The van der Waals surface area contributed by atoms with Crippen LogP contribution in [-0.4, -0.2) is 37.2 Å². The summed E-state index contributed by atoms with van der Waals surface area (Å²) in [6, 6.07) is 2.74. The zero-order valence-electron chi connectivity index (χ0n) is 10.1. The first-order valence-electron chi connectivity index (χ1n) is 5.68. The van der Waals surface area contributed by atoms with E-state index in [0.29, 0.717) is 11.3 Å². The number of nitrogens with zero attached hydrogens (tertiary/aromatic N) is 1. The number of thioether (sulfide) groups is 1. The number of H-pyrrole nitrogens is 1. The summed E-state index contributed by atoms with van der Waals surface area (Å²) >= 11 is 6.23. The van der Waals surface area contributed by atoms with Gasteiger partial charge < -0.3 is 10.1 Å². The first kappa shape index (κ1) is 13.8. The van der Waals surface area contributed by atoms with Crippen molar-refractivity contribution in [1.82, 2.24) is 9.88 Å². The standard InChI is InChI=1S/C12H12N2O3S2/c1-2-8(11(16)17)14-10(15)9(19-12(14)18)6-7-4-3-5-13-7/h3-6,8,13H,2H2,1H3,(H,16,17)/b9-6-. The van der Waals surface area contributed by atoms with E-state index in [9.17, 15) is 9.59 Å². The third kappa shape index (κ3) is 2.71. The molecule has 2 heterocycles. The number of carbonyl (C=O) groups is 2. The summed E-state index contributed by atoms with van der Waals surface area (Å²) in [7, 11) is 0. The van der Waals surface area contributed by atoms with Crippen molar-refractivity contribution in [2.75, 3.05) is 0 Å². The highest BCUT2D eigenvalue weighted by Gasteiger charge is 2.39. The first-order chi connectivity index (χ1) is 9.04. The van der Waals surface area contributed by atoms with Crippen LogP contribution in [-0.2, 0) is 9.59 Å². The van der Waals surface area contributed by atoms with Gasteiger partial charge in [-0.2, -0.15) is 0 Å². The molecule has 0 spiro atoms. The second-order valence-electron chi connectivity index (χ2n) is 3.94. The first-order valence-corrected chi connectivity index (χ1v) is 6.90. The molecule has 2 rings (SSSR count). The maximum atomic E-state index is 12.2. The SMILES string of the molecule is CCC(C(=O)O)N1C(=O)/C(=C/c2ccc[nH]2)SC1=S.